The number of rotatable bonds is 10. The first-order valence-corrected chi connectivity index (χ1v) is 10.3. The largest absolute Gasteiger partial charge is 0.497 e. The summed E-state index contributed by atoms with van der Waals surface area (Å²) in [6, 6.07) is 16.1. The number of ether oxygens (including phenoxy) is 2. The molecule has 1 fully saturated rings. The highest BCUT2D eigenvalue weighted by Crippen LogP contribution is 2.29. The van der Waals surface area contributed by atoms with Gasteiger partial charge in [0.1, 0.15) is 18.1 Å². The van der Waals surface area contributed by atoms with Crippen LogP contribution in [0.2, 0.25) is 0 Å². The Bertz CT molecular complexity index is 760. The van der Waals surface area contributed by atoms with Crippen molar-refractivity contribution in [1.82, 2.24) is 9.80 Å². The average Bonchev–Trinajstić information content (AvgIpc) is 3.53. The monoisotopic (exact) mass is 446 g/mol. The van der Waals surface area contributed by atoms with Crippen LogP contribution in [0.4, 0.5) is 0 Å². The van der Waals surface area contributed by atoms with Crippen molar-refractivity contribution in [3.63, 3.8) is 0 Å². The van der Waals surface area contributed by atoms with Crippen LogP contribution in [0.5, 0.6) is 11.5 Å². The molecule has 0 aliphatic heterocycles. The quantitative estimate of drug-likeness (QED) is 0.553. The van der Waals surface area contributed by atoms with E-state index in [1.807, 2.05) is 65.4 Å². The lowest BCUT2D eigenvalue weighted by Gasteiger charge is -2.25. The van der Waals surface area contributed by atoms with Crippen molar-refractivity contribution < 1.29 is 14.3 Å². The van der Waals surface area contributed by atoms with Gasteiger partial charge >= 0.3 is 0 Å². The minimum atomic E-state index is 0.171. The summed E-state index contributed by atoms with van der Waals surface area (Å²) in [7, 11) is 3.62. The van der Waals surface area contributed by atoms with Gasteiger partial charge in [-0.1, -0.05) is 28.1 Å². The average molecular weight is 447 g/mol. The number of amides is 1. The van der Waals surface area contributed by atoms with Gasteiger partial charge in [0.15, 0.2) is 0 Å². The van der Waals surface area contributed by atoms with Gasteiger partial charge in [-0.05, 0) is 61.9 Å². The molecule has 0 N–H and O–H groups in total. The van der Waals surface area contributed by atoms with E-state index >= 15 is 0 Å². The second-order valence-electron chi connectivity index (χ2n) is 7.14. The zero-order chi connectivity index (χ0) is 19.9. The van der Waals surface area contributed by atoms with Crippen LogP contribution >= 0.6 is 15.9 Å². The number of likely N-dealkylation sites (N-methyl/N-ethyl adjacent to an activating group) is 1. The summed E-state index contributed by atoms with van der Waals surface area (Å²) in [4.78, 5) is 16.9. The Morgan fingerprint density at radius 1 is 1.07 bits per heavy atom. The summed E-state index contributed by atoms with van der Waals surface area (Å²) >= 11 is 3.41. The number of carbonyl (C=O) groups excluding carboxylic acids is 1. The molecule has 150 valence electrons. The Morgan fingerprint density at radius 3 is 2.32 bits per heavy atom. The lowest BCUT2D eigenvalue weighted by molar-refractivity contribution is -0.133. The van der Waals surface area contributed by atoms with E-state index < -0.39 is 0 Å². The molecule has 2 aromatic carbocycles. The number of benzene rings is 2. The zero-order valence-corrected chi connectivity index (χ0v) is 18.0. The molecule has 0 bridgehead atoms. The van der Waals surface area contributed by atoms with Gasteiger partial charge in [0.05, 0.1) is 13.7 Å². The third-order valence-corrected chi connectivity index (χ3v) is 5.31. The molecule has 0 spiro atoms. The molecule has 6 heteroatoms. The third kappa shape index (κ3) is 6.24. The molecule has 0 saturated heterocycles. The first-order valence-electron chi connectivity index (χ1n) is 9.54. The van der Waals surface area contributed by atoms with Crippen LogP contribution in [0.1, 0.15) is 18.4 Å². The maximum atomic E-state index is 12.8. The summed E-state index contributed by atoms with van der Waals surface area (Å²) in [6.07, 6.45) is 2.19. The summed E-state index contributed by atoms with van der Waals surface area (Å²) < 4.78 is 12.0. The minimum Gasteiger partial charge on any atom is -0.497 e. The molecule has 0 radical (unpaired) electrons. The fraction of sp³-hybridized carbons (Fsp3) is 0.409. The Balaban J connectivity index is 1.46. The van der Waals surface area contributed by atoms with E-state index in [0.717, 1.165) is 34.4 Å². The Labute approximate surface area is 175 Å². The molecule has 0 atom stereocenters. The van der Waals surface area contributed by atoms with E-state index in [0.29, 0.717) is 32.3 Å². The molecule has 0 unspecified atom stereocenters. The summed E-state index contributed by atoms with van der Waals surface area (Å²) in [5, 5.41) is 0. The number of hydrogen-bond acceptors (Lipinski definition) is 4. The smallest absolute Gasteiger partial charge is 0.237 e. The number of nitrogens with zero attached hydrogens (tertiary/aromatic N) is 2. The van der Waals surface area contributed by atoms with Crippen LogP contribution in [-0.2, 0) is 11.3 Å². The maximum Gasteiger partial charge on any atom is 0.237 e. The van der Waals surface area contributed by atoms with Gasteiger partial charge < -0.3 is 14.4 Å². The fourth-order valence-electron chi connectivity index (χ4n) is 2.99. The zero-order valence-electron chi connectivity index (χ0n) is 16.4. The van der Waals surface area contributed by atoms with Crippen molar-refractivity contribution in [3.05, 3.63) is 58.6 Å². The van der Waals surface area contributed by atoms with Crippen LogP contribution in [0, 0.1) is 0 Å². The predicted octanol–water partition coefficient (Wildman–Crippen LogP) is 3.96. The van der Waals surface area contributed by atoms with Gasteiger partial charge in [-0.25, -0.2) is 0 Å². The minimum absolute atomic E-state index is 0.171. The van der Waals surface area contributed by atoms with Crippen molar-refractivity contribution in [2.45, 2.75) is 25.4 Å². The molecule has 28 heavy (non-hydrogen) atoms. The second-order valence-corrected chi connectivity index (χ2v) is 8.06. The second kappa shape index (κ2) is 9.94. The molecule has 0 aromatic heterocycles. The van der Waals surface area contributed by atoms with Crippen LogP contribution in [0.15, 0.2) is 53.0 Å². The van der Waals surface area contributed by atoms with Crippen molar-refractivity contribution >= 4 is 21.8 Å². The first-order chi connectivity index (χ1) is 13.5. The summed E-state index contributed by atoms with van der Waals surface area (Å²) in [5.74, 6) is 1.84. The van der Waals surface area contributed by atoms with Crippen molar-refractivity contribution in [3.8, 4) is 11.5 Å². The van der Waals surface area contributed by atoms with Crippen LogP contribution in [0.3, 0.4) is 0 Å². The lowest BCUT2D eigenvalue weighted by atomic mass is 10.2. The Hall–Kier alpha value is -2.05. The summed E-state index contributed by atoms with van der Waals surface area (Å²) in [5.41, 5.74) is 1.13. The van der Waals surface area contributed by atoms with Crippen LogP contribution in [0.25, 0.3) is 0 Å². The molecule has 5 nitrogen and oxygen atoms in total. The van der Waals surface area contributed by atoms with Crippen LogP contribution in [-0.4, -0.2) is 55.6 Å². The highest BCUT2D eigenvalue weighted by atomic mass is 79.9. The topological polar surface area (TPSA) is 42.0 Å². The van der Waals surface area contributed by atoms with Crippen molar-refractivity contribution in [2.24, 2.45) is 0 Å². The van der Waals surface area contributed by atoms with Gasteiger partial charge in [-0.3, -0.25) is 9.69 Å². The Morgan fingerprint density at radius 2 is 1.71 bits per heavy atom. The van der Waals surface area contributed by atoms with E-state index in [9.17, 15) is 4.79 Å². The molecular formula is C22H27BrN2O3. The number of carbonyl (C=O) groups is 1. The molecule has 1 aliphatic rings. The third-order valence-electron chi connectivity index (χ3n) is 4.78. The van der Waals surface area contributed by atoms with Gasteiger partial charge in [0, 0.05) is 23.6 Å². The number of halogens is 1. The van der Waals surface area contributed by atoms with Gasteiger partial charge in [0.2, 0.25) is 5.91 Å². The SMILES string of the molecule is COc1ccc(CN(C(=O)CN(C)CCOc2ccc(Br)cc2)C2CC2)cc1. The van der Waals surface area contributed by atoms with E-state index in [1.54, 1.807) is 7.11 Å². The highest BCUT2D eigenvalue weighted by molar-refractivity contribution is 9.10. The molecule has 2 aromatic rings. The molecule has 0 heterocycles. The van der Waals surface area contributed by atoms with Crippen molar-refractivity contribution in [1.29, 1.82) is 0 Å². The number of hydrogen-bond donors (Lipinski definition) is 0. The van der Waals surface area contributed by atoms with E-state index in [2.05, 4.69) is 15.9 Å². The first kappa shape index (κ1) is 20.7. The van der Waals surface area contributed by atoms with E-state index in [-0.39, 0.29) is 5.91 Å². The molecular weight excluding hydrogens is 420 g/mol. The highest BCUT2D eigenvalue weighted by Gasteiger charge is 2.32. The summed E-state index contributed by atoms with van der Waals surface area (Å²) in [6.45, 7) is 2.29. The Kier molecular flexibility index (Phi) is 7.34. The van der Waals surface area contributed by atoms with E-state index in [1.165, 1.54) is 0 Å². The fourth-order valence-corrected chi connectivity index (χ4v) is 3.25. The molecule has 1 aliphatic carbocycles. The maximum absolute atomic E-state index is 12.8. The predicted molar refractivity (Wildman–Crippen MR) is 114 cm³/mol. The lowest BCUT2D eigenvalue weighted by Crippen LogP contribution is -2.41. The van der Waals surface area contributed by atoms with Gasteiger partial charge in [-0.2, -0.15) is 0 Å². The van der Waals surface area contributed by atoms with Gasteiger partial charge in [0.25, 0.3) is 0 Å². The van der Waals surface area contributed by atoms with Gasteiger partial charge in [-0.15, -0.1) is 0 Å². The standard InChI is InChI=1S/C22H27BrN2O3/c1-24(13-14-28-21-11-5-18(23)6-12-21)16-22(26)25(19-7-8-19)15-17-3-9-20(27-2)10-4-17/h3-6,9-12,19H,7-8,13-16H2,1-2H3. The van der Waals surface area contributed by atoms with E-state index in [4.69, 9.17) is 9.47 Å². The molecule has 3 rings (SSSR count). The normalized spacial score (nSPS) is 13.4. The number of methoxy groups -OCH3 is 1. The van der Waals surface area contributed by atoms with Crippen molar-refractivity contribution in [2.75, 3.05) is 33.9 Å². The molecule has 1 saturated carbocycles. The molecule has 1 amide bonds. The van der Waals surface area contributed by atoms with Crippen LogP contribution < -0.4 is 9.47 Å².